The molecular weight excluding hydrogens is 242 g/mol. The van der Waals surface area contributed by atoms with Crippen molar-refractivity contribution in [1.82, 2.24) is 4.57 Å². The minimum absolute atomic E-state index is 0.157. The summed E-state index contributed by atoms with van der Waals surface area (Å²) in [6, 6.07) is 9.03. The van der Waals surface area contributed by atoms with Crippen molar-refractivity contribution >= 4 is 27.8 Å². The first-order valence-electron chi connectivity index (χ1n) is 6.37. The molecule has 3 N–H and O–H groups in total. The number of nitrogens with one attached hydrogen (secondary N) is 1. The third-order valence-corrected chi connectivity index (χ3v) is 4.41. The molecule has 1 aromatic carbocycles. The normalized spacial score (nSPS) is 16.4. The van der Waals surface area contributed by atoms with Crippen LogP contribution in [0.15, 0.2) is 35.4 Å². The van der Waals surface area contributed by atoms with Crippen molar-refractivity contribution < 1.29 is 0 Å². The highest BCUT2D eigenvalue weighted by Crippen LogP contribution is 2.37. The first-order chi connectivity index (χ1) is 8.75. The molecule has 94 valence electrons. The molecule has 0 bridgehead atoms. The molecule has 0 aliphatic heterocycles. The van der Waals surface area contributed by atoms with E-state index in [1.165, 1.54) is 48.3 Å². The van der Waals surface area contributed by atoms with Gasteiger partial charge >= 0.3 is 0 Å². The second-order valence-corrected chi connectivity index (χ2v) is 5.91. The van der Waals surface area contributed by atoms with Gasteiger partial charge in [0.25, 0.3) is 0 Å². The quantitative estimate of drug-likeness (QED) is 0.490. The number of fused-ring (bicyclic) bond motifs is 1. The van der Waals surface area contributed by atoms with Gasteiger partial charge in [-0.3, -0.25) is 5.41 Å². The van der Waals surface area contributed by atoms with Crippen molar-refractivity contribution in [2.45, 2.75) is 36.6 Å². The van der Waals surface area contributed by atoms with Gasteiger partial charge in [-0.2, -0.15) is 0 Å². The zero-order chi connectivity index (χ0) is 12.5. The summed E-state index contributed by atoms with van der Waals surface area (Å²) in [7, 11) is 0. The highest BCUT2D eigenvalue weighted by Gasteiger charge is 2.20. The molecule has 1 fully saturated rings. The second kappa shape index (κ2) is 4.69. The molecule has 0 unspecified atom stereocenters. The van der Waals surface area contributed by atoms with Gasteiger partial charge in [-0.15, -0.1) is 0 Å². The van der Waals surface area contributed by atoms with E-state index < -0.39 is 0 Å². The molecule has 1 heterocycles. The average molecular weight is 259 g/mol. The van der Waals surface area contributed by atoms with E-state index in [1.807, 2.05) is 6.07 Å². The topological polar surface area (TPSA) is 54.8 Å². The minimum Gasteiger partial charge on any atom is -0.378 e. The Morgan fingerprint density at radius 3 is 2.72 bits per heavy atom. The lowest BCUT2D eigenvalue weighted by atomic mass is 10.2. The summed E-state index contributed by atoms with van der Waals surface area (Å²) in [4.78, 5) is 1.10. The average Bonchev–Trinajstić information content (AvgIpc) is 2.96. The van der Waals surface area contributed by atoms with E-state index in [0.717, 1.165) is 4.90 Å². The SMILES string of the molecule is N=C(N)Sc1cn(C2CCCC2)c2ccccc12. The summed E-state index contributed by atoms with van der Waals surface area (Å²) in [5.74, 6) is 0. The summed E-state index contributed by atoms with van der Waals surface area (Å²) in [5.41, 5.74) is 6.79. The maximum Gasteiger partial charge on any atom is 0.156 e. The number of aromatic nitrogens is 1. The number of rotatable bonds is 2. The molecule has 1 aliphatic rings. The van der Waals surface area contributed by atoms with Gasteiger partial charge in [0.2, 0.25) is 0 Å². The lowest BCUT2D eigenvalue weighted by Crippen LogP contribution is -2.03. The molecule has 1 aromatic heterocycles. The lowest BCUT2D eigenvalue weighted by molar-refractivity contribution is 0.533. The van der Waals surface area contributed by atoms with E-state index in [2.05, 4.69) is 29.0 Å². The van der Waals surface area contributed by atoms with E-state index in [0.29, 0.717) is 6.04 Å². The van der Waals surface area contributed by atoms with Crippen LogP contribution in [0.25, 0.3) is 10.9 Å². The fourth-order valence-electron chi connectivity index (χ4n) is 2.86. The van der Waals surface area contributed by atoms with Crippen LogP contribution in [0.4, 0.5) is 0 Å². The third kappa shape index (κ3) is 2.01. The third-order valence-electron chi connectivity index (χ3n) is 3.64. The summed E-state index contributed by atoms with van der Waals surface area (Å²) >= 11 is 1.35. The maximum atomic E-state index is 7.46. The van der Waals surface area contributed by atoms with Crippen LogP contribution in [-0.2, 0) is 0 Å². The van der Waals surface area contributed by atoms with Gasteiger partial charge in [-0.1, -0.05) is 42.8 Å². The molecule has 1 saturated carbocycles. The monoisotopic (exact) mass is 259 g/mol. The molecule has 0 radical (unpaired) electrons. The molecule has 18 heavy (non-hydrogen) atoms. The van der Waals surface area contributed by atoms with Crippen LogP contribution < -0.4 is 5.73 Å². The van der Waals surface area contributed by atoms with Crippen LogP contribution >= 0.6 is 11.8 Å². The molecule has 3 nitrogen and oxygen atoms in total. The first-order valence-corrected chi connectivity index (χ1v) is 7.19. The number of nitrogens with zero attached hydrogens (tertiary/aromatic N) is 1. The zero-order valence-corrected chi connectivity index (χ0v) is 11.0. The number of para-hydroxylation sites is 1. The number of hydrogen-bond donors (Lipinski definition) is 2. The van der Waals surface area contributed by atoms with Crippen LogP contribution in [-0.4, -0.2) is 9.73 Å². The van der Waals surface area contributed by atoms with Crippen molar-refractivity contribution in [2.75, 3.05) is 0 Å². The van der Waals surface area contributed by atoms with Gasteiger partial charge < -0.3 is 10.3 Å². The molecule has 1 aliphatic carbocycles. The summed E-state index contributed by atoms with van der Waals surface area (Å²) in [6.45, 7) is 0. The highest BCUT2D eigenvalue weighted by molar-refractivity contribution is 8.13. The number of hydrogen-bond acceptors (Lipinski definition) is 2. The molecule has 2 aromatic rings. The molecule has 0 spiro atoms. The summed E-state index contributed by atoms with van der Waals surface area (Å²) in [6.07, 6.45) is 7.36. The van der Waals surface area contributed by atoms with Crippen LogP contribution in [0.5, 0.6) is 0 Å². The van der Waals surface area contributed by atoms with Crippen LogP contribution in [0, 0.1) is 5.41 Å². The summed E-state index contributed by atoms with van der Waals surface area (Å²) < 4.78 is 2.38. The minimum atomic E-state index is 0.157. The van der Waals surface area contributed by atoms with E-state index in [-0.39, 0.29) is 5.17 Å². The second-order valence-electron chi connectivity index (χ2n) is 4.82. The van der Waals surface area contributed by atoms with Gasteiger partial charge in [0.15, 0.2) is 5.17 Å². The molecule has 0 atom stereocenters. The Bertz CT molecular complexity index is 582. The number of amidine groups is 1. The Morgan fingerprint density at radius 1 is 1.28 bits per heavy atom. The smallest absolute Gasteiger partial charge is 0.156 e. The van der Waals surface area contributed by atoms with E-state index in [9.17, 15) is 0 Å². The Hall–Kier alpha value is -1.42. The Morgan fingerprint density at radius 2 is 2.00 bits per heavy atom. The van der Waals surface area contributed by atoms with Crippen molar-refractivity contribution in [1.29, 1.82) is 5.41 Å². The number of benzene rings is 1. The predicted molar refractivity (Wildman–Crippen MR) is 77.2 cm³/mol. The van der Waals surface area contributed by atoms with Gasteiger partial charge in [0, 0.05) is 28.0 Å². The van der Waals surface area contributed by atoms with Crippen LogP contribution in [0.3, 0.4) is 0 Å². The fraction of sp³-hybridized carbons (Fsp3) is 0.357. The molecule has 3 rings (SSSR count). The van der Waals surface area contributed by atoms with E-state index >= 15 is 0 Å². The standard InChI is InChI=1S/C14H17N3S/c15-14(16)18-13-9-17(10-5-1-2-6-10)12-8-4-3-7-11(12)13/h3-4,7-10H,1-2,5-6H2,(H3,15,16). The summed E-state index contributed by atoms with van der Waals surface area (Å²) in [5, 5.41) is 8.83. The predicted octanol–water partition coefficient (Wildman–Crippen LogP) is 3.74. The largest absolute Gasteiger partial charge is 0.378 e. The number of nitrogens with two attached hydrogens (primary N) is 1. The lowest BCUT2D eigenvalue weighted by Gasteiger charge is -2.12. The van der Waals surface area contributed by atoms with Crippen LogP contribution in [0.2, 0.25) is 0 Å². The van der Waals surface area contributed by atoms with Crippen molar-refractivity contribution in [2.24, 2.45) is 5.73 Å². The Labute approximate surface area is 111 Å². The van der Waals surface area contributed by atoms with Crippen molar-refractivity contribution in [3.05, 3.63) is 30.5 Å². The van der Waals surface area contributed by atoms with Gasteiger partial charge in [0.1, 0.15) is 0 Å². The first kappa shape index (κ1) is 11.7. The van der Waals surface area contributed by atoms with Crippen molar-refractivity contribution in [3.63, 3.8) is 0 Å². The van der Waals surface area contributed by atoms with E-state index in [1.54, 1.807) is 0 Å². The Balaban J connectivity index is 2.10. The van der Waals surface area contributed by atoms with Crippen molar-refractivity contribution in [3.8, 4) is 0 Å². The van der Waals surface area contributed by atoms with Gasteiger partial charge in [-0.25, -0.2) is 0 Å². The van der Waals surface area contributed by atoms with Gasteiger partial charge in [0.05, 0.1) is 0 Å². The highest BCUT2D eigenvalue weighted by atomic mass is 32.2. The molecular formula is C14H17N3S. The van der Waals surface area contributed by atoms with Gasteiger partial charge in [-0.05, 0) is 18.9 Å². The molecule has 0 amide bonds. The molecule has 0 saturated heterocycles. The fourth-order valence-corrected chi connectivity index (χ4v) is 3.54. The Kier molecular flexibility index (Phi) is 3.04. The maximum absolute atomic E-state index is 7.46. The number of thioether (sulfide) groups is 1. The zero-order valence-electron chi connectivity index (χ0n) is 10.2. The van der Waals surface area contributed by atoms with E-state index in [4.69, 9.17) is 11.1 Å². The molecule has 4 heteroatoms. The van der Waals surface area contributed by atoms with Crippen LogP contribution in [0.1, 0.15) is 31.7 Å².